The number of aryl methyl sites for hydroxylation is 1. The molecule has 164 valence electrons. The zero-order valence-corrected chi connectivity index (χ0v) is 19.2. The number of hydrogen-bond acceptors (Lipinski definition) is 7. The third-order valence-corrected chi connectivity index (χ3v) is 7.40. The molecule has 4 rings (SSSR count). The van der Waals surface area contributed by atoms with Crippen molar-refractivity contribution in [3.8, 4) is 6.07 Å². The second-order valence-electron chi connectivity index (χ2n) is 7.41. The topological polar surface area (TPSA) is 113 Å². The summed E-state index contributed by atoms with van der Waals surface area (Å²) in [6.45, 7) is 0. The Morgan fingerprint density at radius 3 is 2.72 bits per heavy atom. The first-order valence-electron chi connectivity index (χ1n) is 10.3. The van der Waals surface area contributed by atoms with Gasteiger partial charge in [-0.15, -0.1) is 21.5 Å². The van der Waals surface area contributed by atoms with Gasteiger partial charge in [0.15, 0.2) is 5.16 Å². The number of rotatable bonds is 7. The Kier molecular flexibility index (Phi) is 6.87. The summed E-state index contributed by atoms with van der Waals surface area (Å²) in [7, 11) is 1.77. The SMILES string of the molecule is Cn1c(CC(=O)Nc2ccccc2)nnc1SCC(=O)Nc1sc2c(c1C#N)CCCC2. The van der Waals surface area contributed by atoms with E-state index in [1.807, 2.05) is 30.3 Å². The van der Waals surface area contributed by atoms with Crippen molar-refractivity contribution in [2.75, 3.05) is 16.4 Å². The number of carbonyl (C=O) groups excluding carboxylic acids is 2. The highest BCUT2D eigenvalue weighted by atomic mass is 32.2. The number of aromatic nitrogens is 3. The molecule has 0 aliphatic heterocycles. The van der Waals surface area contributed by atoms with Gasteiger partial charge in [-0.05, 0) is 43.4 Å². The fourth-order valence-corrected chi connectivity index (χ4v) is 5.55. The molecule has 0 fully saturated rings. The highest BCUT2D eigenvalue weighted by Gasteiger charge is 2.22. The molecule has 0 bridgehead atoms. The first kappa shape index (κ1) is 22.0. The highest BCUT2D eigenvalue weighted by molar-refractivity contribution is 7.99. The van der Waals surface area contributed by atoms with Crippen LogP contribution in [0.25, 0.3) is 0 Å². The average molecular weight is 467 g/mol. The zero-order valence-electron chi connectivity index (χ0n) is 17.6. The molecule has 2 N–H and O–H groups in total. The summed E-state index contributed by atoms with van der Waals surface area (Å²) in [6, 6.07) is 11.5. The highest BCUT2D eigenvalue weighted by Crippen LogP contribution is 2.37. The van der Waals surface area contributed by atoms with Crippen LogP contribution in [-0.4, -0.2) is 32.3 Å². The Bertz CT molecular complexity index is 1180. The molecule has 0 saturated heterocycles. The number of benzene rings is 1. The van der Waals surface area contributed by atoms with Crippen LogP contribution in [0, 0.1) is 11.3 Å². The van der Waals surface area contributed by atoms with Gasteiger partial charge >= 0.3 is 0 Å². The van der Waals surface area contributed by atoms with Crippen LogP contribution < -0.4 is 10.6 Å². The molecule has 0 atom stereocenters. The van der Waals surface area contributed by atoms with Gasteiger partial charge in [-0.25, -0.2) is 0 Å². The van der Waals surface area contributed by atoms with Gasteiger partial charge in [0, 0.05) is 17.6 Å². The third kappa shape index (κ3) is 5.00. The normalized spacial score (nSPS) is 12.6. The number of hydrogen-bond donors (Lipinski definition) is 2. The van der Waals surface area contributed by atoms with Crippen LogP contribution in [0.4, 0.5) is 10.7 Å². The molecule has 32 heavy (non-hydrogen) atoms. The van der Waals surface area contributed by atoms with E-state index in [4.69, 9.17) is 0 Å². The summed E-state index contributed by atoms with van der Waals surface area (Å²) < 4.78 is 1.72. The smallest absolute Gasteiger partial charge is 0.235 e. The first-order valence-corrected chi connectivity index (χ1v) is 12.1. The lowest BCUT2D eigenvalue weighted by atomic mass is 9.96. The average Bonchev–Trinajstić information content (AvgIpc) is 3.32. The van der Waals surface area contributed by atoms with Gasteiger partial charge in [0.05, 0.1) is 17.7 Å². The molecular weight excluding hydrogens is 444 g/mol. The maximum absolute atomic E-state index is 12.5. The molecule has 2 amide bonds. The number of nitrogens with one attached hydrogen (secondary N) is 2. The van der Waals surface area contributed by atoms with E-state index in [9.17, 15) is 14.9 Å². The van der Waals surface area contributed by atoms with Gasteiger partial charge in [-0.3, -0.25) is 9.59 Å². The number of nitriles is 1. The summed E-state index contributed by atoms with van der Waals surface area (Å²) in [6.07, 6.45) is 4.16. The standard InChI is InChI=1S/C22H22N6O2S2/c1-28-18(11-19(29)24-14-7-3-2-4-8-14)26-27-22(28)31-13-20(30)25-21-16(12-23)15-9-5-6-10-17(15)32-21/h2-4,7-8H,5-6,9-11,13H2,1H3,(H,24,29)(H,25,30). The minimum Gasteiger partial charge on any atom is -0.326 e. The molecule has 2 aromatic heterocycles. The van der Waals surface area contributed by atoms with E-state index in [0.29, 0.717) is 21.5 Å². The van der Waals surface area contributed by atoms with Crippen molar-refractivity contribution in [2.45, 2.75) is 37.3 Å². The van der Waals surface area contributed by atoms with Gasteiger partial charge in [0.2, 0.25) is 11.8 Å². The summed E-state index contributed by atoms with van der Waals surface area (Å²) in [5, 5.41) is 24.6. The lowest BCUT2D eigenvalue weighted by Gasteiger charge is -2.09. The molecule has 3 aromatic rings. The second kappa shape index (κ2) is 9.97. The van der Waals surface area contributed by atoms with Gasteiger partial charge in [0.25, 0.3) is 0 Å². The maximum Gasteiger partial charge on any atom is 0.235 e. The van der Waals surface area contributed by atoms with Crippen molar-refractivity contribution < 1.29 is 9.59 Å². The van der Waals surface area contributed by atoms with Gasteiger partial charge in [0.1, 0.15) is 16.9 Å². The van der Waals surface area contributed by atoms with Crippen LogP contribution in [0.2, 0.25) is 0 Å². The van der Waals surface area contributed by atoms with E-state index in [2.05, 4.69) is 26.9 Å². The fraction of sp³-hybridized carbons (Fsp3) is 0.318. The Morgan fingerprint density at radius 1 is 1.16 bits per heavy atom. The quantitative estimate of drug-likeness (QED) is 0.515. The molecular formula is C22H22N6O2S2. The molecule has 1 aliphatic carbocycles. The summed E-state index contributed by atoms with van der Waals surface area (Å²) in [5.41, 5.74) is 2.42. The number of anilines is 2. The lowest BCUT2D eigenvalue weighted by Crippen LogP contribution is -2.17. The van der Waals surface area contributed by atoms with Crippen molar-refractivity contribution in [1.29, 1.82) is 5.26 Å². The summed E-state index contributed by atoms with van der Waals surface area (Å²) in [5.74, 6) is 0.262. The lowest BCUT2D eigenvalue weighted by molar-refractivity contribution is -0.116. The number of thiophene rings is 1. The largest absolute Gasteiger partial charge is 0.326 e. The van der Waals surface area contributed by atoms with E-state index < -0.39 is 0 Å². The van der Waals surface area contributed by atoms with Gasteiger partial charge < -0.3 is 15.2 Å². The van der Waals surface area contributed by atoms with E-state index >= 15 is 0 Å². The van der Waals surface area contributed by atoms with Crippen LogP contribution in [0.3, 0.4) is 0 Å². The number of para-hydroxylation sites is 1. The molecule has 8 nitrogen and oxygen atoms in total. The summed E-state index contributed by atoms with van der Waals surface area (Å²) >= 11 is 2.75. The van der Waals surface area contributed by atoms with Crippen molar-refractivity contribution in [1.82, 2.24) is 14.8 Å². The van der Waals surface area contributed by atoms with E-state index in [0.717, 1.165) is 36.9 Å². The molecule has 0 unspecified atom stereocenters. The first-order chi connectivity index (χ1) is 15.5. The maximum atomic E-state index is 12.5. The molecule has 0 saturated carbocycles. The Morgan fingerprint density at radius 2 is 1.94 bits per heavy atom. The fourth-order valence-electron chi connectivity index (χ4n) is 3.56. The van der Waals surface area contributed by atoms with Crippen molar-refractivity contribution >= 4 is 45.6 Å². The molecule has 0 radical (unpaired) electrons. The Labute approximate surface area is 194 Å². The molecule has 0 spiro atoms. The minimum absolute atomic E-state index is 0.0808. The second-order valence-corrected chi connectivity index (χ2v) is 9.46. The molecule has 1 aromatic carbocycles. The van der Waals surface area contributed by atoms with Crippen LogP contribution in [0.5, 0.6) is 0 Å². The number of fused-ring (bicyclic) bond motifs is 1. The van der Waals surface area contributed by atoms with Crippen molar-refractivity contribution in [3.63, 3.8) is 0 Å². The van der Waals surface area contributed by atoms with Crippen LogP contribution in [-0.2, 0) is 35.9 Å². The summed E-state index contributed by atoms with van der Waals surface area (Å²) in [4.78, 5) is 26.0. The molecule has 1 aliphatic rings. The molecule has 2 heterocycles. The van der Waals surface area contributed by atoms with Gasteiger partial charge in [-0.2, -0.15) is 5.26 Å². The number of carbonyl (C=O) groups is 2. The predicted molar refractivity (Wildman–Crippen MR) is 125 cm³/mol. The number of nitrogens with zero attached hydrogens (tertiary/aromatic N) is 4. The van der Waals surface area contributed by atoms with E-state index in [1.54, 1.807) is 11.6 Å². The Hall–Kier alpha value is -3.16. The minimum atomic E-state index is -0.198. The number of amides is 2. The third-order valence-electron chi connectivity index (χ3n) is 5.17. The number of thioether (sulfide) groups is 1. The van der Waals surface area contributed by atoms with E-state index in [-0.39, 0.29) is 24.0 Å². The Balaban J connectivity index is 1.33. The van der Waals surface area contributed by atoms with Crippen molar-refractivity contribution in [3.05, 3.63) is 52.2 Å². The van der Waals surface area contributed by atoms with Crippen molar-refractivity contribution in [2.24, 2.45) is 7.05 Å². The monoisotopic (exact) mass is 466 g/mol. The van der Waals surface area contributed by atoms with Gasteiger partial charge in [-0.1, -0.05) is 30.0 Å². The van der Waals surface area contributed by atoms with Crippen LogP contribution >= 0.6 is 23.1 Å². The molecule has 10 heteroatoms. The van der Waals surface area contributed by atoms with Crippen LogP contribution in [0.15, 0.2) is 35.5 Å². The van der Waals surface area contributed by atoms with E-state index in [1.165, 1.54) is 28.0 Å². The van der Waals surface area contributed by atoms with Crippen LogP contribution in [0.1, 0.15) is 34.7 Å². The zero-order chi connectivity index (χ0) is 22.5. The predicted octanol–water partition coefficient (Wildman–Crippen LogP) is 3.54.